The molecule has 0 radical (unpaired) electrons. The van der Waals surface area contributed by atoms with Crippen LogP contribution in [0, 0.1) is 5.82 Å². The average molecular weight is 253 g/mol. The minimum Gasteiger partial charge on any atom is -0.399 e. The number of hydrogen-bond acceptors (Lipinski definition) is 3. The summed E-state index contributed by atoms with van der Waals surface area (Å²) in [6.45, 7) is 2.78. The zero-order valence-electron chi connectivity index (χ0n) is 11.1. The normalized spacial score (nSPS) is 10.2. The Morgan fingerprint density at radius 3 is 2.56 bits per heavy atom. The third-order valence-electron chi connectivity index (χ3n) is 2.63. The van der Waals surface area contributed by atoms with E-state index in [1.165, 1.54) is 11.0 Å². The van der Waals surface area contributed by atoms with Crippen molar-refractivity contribution in [3.8, 4) is 0 Å². The van der Waals surface area contributed by atoms with E-state index in [-0.39, 0.29) is 12.5 Å². The van der Waals surface area contributed by atoms with Crippen molar-refractivity contribution in [1.82, 2.24) is 4.90 Å². The van der Waals surface area contributed by atoms with E-state index in [0.29, 0.717) is 17.9 Å². The zero-order valence-corrected chi connectivity index (χ0v) is 11.1. The van der Waals surface area contributed by atoms with Crippen molar-refractivity contribution in [3.63, 3.8) is 0 Å². The van der Waals surface area contributed by atoms with Crippen molar-refractivity contribution in [1.29, 1.82) is 0 Å². The number of halogens is 1. The second-order valence-electron chi connectivity index (χ2n) is 4.42. The summed E-state index contributed by atoms with van der Waals surface area (Å²) in [7, 11) is 3.37. The molecule has 5 heteroatoms. The smallest absolute Gasteiger partial charge is 0.241 e. The van der Waals surface area contributed by atoms with Gasteiger partial charge in [0.2, 0.25) is 5.91 Å². The summed E-state index contributed by atoms with van der Waals surface area (Å²) in [4.78, 5) is 14.9. The van der Waals surface area contributed by atoms with Gasteiger partial charge in [0.25, 0.3) is 0 Å². The molecule has 0 fully saturated rings. The maximum atomic E-state index is 13.8. The van der Waals surface area contributed by atoms with E-state index in [0.717, 1.165) is 6.42 Å². The third-order valence-corrected chi connectivity index (χ3v) is 2.63. The molecule has 1 aromatic rings. The number of hydrogen-bond donors (Lipinski definition) is 1. The van der Waals surface area contributed by atoms with Crippen LogP contribution in [0.15, 0.2) is 18.2 Å². The van der Waals surface area contributed by atoms with Crippen LogP contribution in [0.2, 0.25) is 0 Å². The molecule has 0 unspecified atom stereocenters. The molecule has 0 aliphatic rings. The molecular formula is C13H20FN3O. The summed E-state index contributed by atoms with van der Waals surface area (Å²) in [6, 6.07) is 4.53. The lowest BCUT2D eigenvalue weighted by Gasteiger charge is -2.25. The Bertz CT molecular complexity index is 421. The van der Waals surface area contributed by atoms with Crippen molar-refractivity contribution in [3.05, 3.63) is 24.0 Å². The topological polar surface area (TPSA) is 49.6 Å². The fourth-order valence-electron chi connectivity index (χ4n) is 1.64. The quantitative estimate of drug-likeness (QED) is 0.813. The molecular weight excluding hydrogens is 233 g/mol. The zero-order chi connectivity index (χ0) is 13.7. The van der Waals surface area contributed by atoms with E-state index >= 15 is 0 Å². The van der Waals surface area contributed by atoms with Gasteiger partial charge < -0.3 is 15.5 Å². The molecule has 0 aliphatic heterocycles. The summed E-state index contributed by atoms with van der Waals surface area (Å²) < 4.78 is 13.8. The van der Waals surface area contributed by atoms with Gasteiger partial charge in [0, 0.05) is 26.3 Å². The molecule has 0 spiro atoms. The number of nitrogens with zero attached hydrogens (tertiary/aromatic N) is 2. The van der Waals surface area contributed by atoms with Crippen molar-refractivity contribution in [2.24, 2.45) is 0 Å². The first-order valence-corrected chi connectivity index (χ1v) is 5.95. The van der Waals surface area contributed by atoms with Crippen LogP contribution in [-0.4, -0.2) is 38.0 Å². The largest absolute Gasteiger partial charge is 0.399 e. The lowest BCUT2D eigenvalue weighted by atomic mass is 10.2. The standard InChI is InChI=1S/C13H20FN3O/c1-4-7-17(9-13(18)16(2)3)12-6-5-10(15)8-11(12)14/h5-6,8H,4,7,9,15H2,1-3H3. The van der Waals surface area contributed by atoms with E-state index in [9.17, 15) is 9.18 Å². The molecule has 0 aromatic heterocycles. The van der Waals surface area contributed by atoms with Crippen LogP contribution in [0.3, 0.4) is 0 Å². The third kappa shape index (κ3) is 3.61. The first-order valence-electron chi connectivity index (χ1n) is 5.95. The Morgan fingerprint density at radius 1 is 1.39 bits per heavy atom. The molecule has 0 saturated heterocycles. The summed E-state index contributed by atoms with van der Waals surface area (Å²) in [6.07, 6.45) is 0.838. The molecule has 4 nitrogen and oxygen atoms in total. The van der Waals surface area contributed by atoms with Crippen LogP contribution in [0.1, 0.15) is 13.3 Å². The summed E-state index contributed by atoms with van der Waals surface area (Å²) in [5.41, 5.74) is 6.32. The minimum absolute atomic E-state index is 0.0559. The lowest BCUT2D eigenvalue weighted by molar-refractivity contribution is -0.127. The number of carbonyl (C=O) groups is 1. The highest BCUT2D eigenvalue weighted by Gasteiger charge is 2.15. The van der Waals surface area contributed by atoms with Crippen molar-refractivity contribution >= 4 is 17.3 Å². The number of benzene rings is 1. The van der Waals surface area contributed by atoms with Gasteiger partial charge in [-0.2, -0.15) is 0 Å². The molecule has 0 atom stereocenters. The summed E-state index contributed by atoms with van der Waals surface area (Å²) >= 11 is 0. The lowest BCUT2D eigenvalue weighted by Crippen LogP contribution is -2.37. The van der Waals surface area contributed by atoms with E-state index in [2.05, 4.69) is 0 Å². The summed E-state index contributed by atoms with van der Waals surface area (Å²) in [5, 5.41) is 0. The number of nitrogen functional groups attached to an aromatic ring is 1. The molecule has 1 rings (SSSR count). The van der Waals surface area contributed by atoms with Gasteiger partial charge in [0.15, 0.2) is 0 Å². The number of likely N-dealkylation sites (N-methyl/N-ethyl adjacent to an activating group) is 1. The number of carbonyl (C=O) groups excluding carboxylic acids is 1. The molecule has 100 valence electrons. The monoisotopic (exact) mass is 253 g/mol. The van der Waals surface area contributed by atoms with Crippen molar-refractivity contribution in [2.75, 3.05) is 37.8 Å². The van der Waals surface area contributed by atoms with E-state index in [1.54, 1.807) is 31.1 Å². The molecule has 18 heavy (non-hydrogen) atoms. The Balaban J connectivity index is 2.93. The first-order chi connectivity index (χ1) is 8.45. The van der Waals surface area contributed by atoms with Gasteiger partial charge >= 0.3 is 0 Å². The van der Waals surface area contributed by atoms with Gasteiger partial charge in [-0.1, -0.05) is 6.92 Å². The number of amides is 1. The maximum Gasteiger partial charge on any atom is 0.241 e. The van der Waals surface area contributed by atoms with Crippen molar-refractivity contribution in [2.45, 2.75) is 13.3 Å². The Kier molecular flexibility index (Phi) is 4.95. The highest BCUT2D eigenvalue weighted by Crippen LogP contribution is 2.21. The first kappa shape index (κ1) is 14.3. The van der Waals surface area contributed by atoms with Crippen LogP contribution >= 0.6 is 0 Å². The second-order valence-corrected chi connectivity index (χ2v) is 4.42. The van der Waals surface area contributed by atoms with Gasteiger partial charge in [-0.3, -0.25) is 4.79 Å². The Morgan fingerprint density at radius 2 is 2.06 bits per heavy atom. The second kappa shape index (κ2) is 6.23. The summed E-state index contributed by atoms with van der Waals surface area (Å²) in [5.74, 6) is -0.449. The predicted octanol–water partition coefficient (Wildman–Crippen LogP) is 1.71. The number of rotatable bonds is 5. The molecule has 1 aromatic carbocycles. The molecule has 0 bridgehead atoms. The van der Waals surface area contributed by atoms with Crippen LogP contribution in [0.4, 0.5) is 15.8 Å². The molecule has 2 N–H and O–H groups in total. The fourth-order valence-corrected chi connectivity index (χ4v) is 1.64. The molecule has 0 saturated carbocycles. The van der Waals surface area contributed by atoms with Gasteiger partial charge in [-0.25, -0.2) is 4.39 Å². The molecule has 1 amide bonds. The maximum absolute atomic E-state index is 13.8. The van der Waals surface area contributed by atoms with Gasteiger partial charge in [-0.15, -0.1) is 0 Å². The minimum atomic E-state index is -0.394. The predicted molar refractivity (Wildman–Crippen MR) is 72.0 cm³/mol. The number of anilines is 2. The highest BCUT2D eigenvalue weighted by atomic mass is 19.1. The van der Waals surface area contributed by atoms with E-state index < -0.39 is 5.82 Å². The Hall–Kier alpha value is -1.78. The van der Waals surface area contributed by atoms with Crippen molar-refractivity contribution < 1.29 is 9.18 Å². The average Bonchev–Trinajstić information content (AvgIpc) is 2.28. The van der Waals surface area contributed by atoms with E-state index in [1.807, 2.05) is 6.92 Å². The molecule has 0 heterocycles. The van der Waals surface area contributed by atoms with Crippen LogP contribution in [-0.2, 0) is 4.79 Å². The Labute approximate surface area is 107 Å². The molecule has 0 aliphatic carbocycles. The van der Waals surface area contributed by atoms with Gasteiger partial charge in [0.05, 0.1) is 12.2 Å². The SMILES string of the molecule is CCCN(CC(=O)N(C)C)c1ccc(N)cc1F. The van der Waals surface area contributed by atoms with Gasteiger partial charge in [0.1, 0.15) is 5.82 Å². The van der Waals surface area contributed by atoms with Crippen LogP contribution in [0.5, 0.6) is 0 Å². The van der Waals surface area contributed by atoms with Gasteiger partial charge in [-0.05, 0) is 24.6 Å². The van der Waals surface area contributed by atoms with E-state index in [4.69, 9.17) is 5.73 Å². The van der Waals surface area contributed by atoms with Crippen LogP contribution < -0.4 is 10.6 Å². The highest BCUT2D eigenvalue weighted by molar-refractivity contribution is 5.81. The van der Waals surface area contributed by atoms with Crippen LogP contribution in [0.25, 0.3) is 0 Å². The fraction of sp³-hybridized carbons (Fsp3) is 0.462. The number of nitrogens with two attached hydrogens (primary N) is 1.